The lowest BCUT2D eigenvalue weighted by Crippen LogP contribution is -2.31. The molecule has 2 aromatic rings. The van der Waals surface area contributed by atoms with Crippen LogP contribution in [0.4, 0.5) is 4.79 Å². The number of hydrogen-bond donors (Lipinski definition) is 1. The van der Waals surface area contributed by atoms with Gasteiger partial charge in [-0.15, -0.1) is 0 Å². The minimum atomic E-state index is -0.983. The smallest absolute Gasteiger partial charge is 0.335 e. The van der Waals surface area contributed by atoms with Crippen LogP contribution in [0.15, 0.2) is 53.4 Å². The lowest BCUT2D eigenvalue weighted by molar-refractivity contribution is -0.123. The monoisotopic (exact) mass is 413 g/mol. The first-order valence-corrected chi connectivity index (χ1v) is 9.59. The van der Waals surface area contributed by atoms with E-state index >= 15 is 0 Å². The molecule has 150 valence electrons. The number of thioether (sulfide) groups is 1. The molecular weight excluding hydrogens is 394 g/mol. The topological polar surface area (TPSA) is 93.1 Å². The molecule has 0 atom stereocenters. The second kappa shape index (κ2) is 9.40. The standard InChI is InChI=1S/C21H19NO6S/c1-27-10-9-22-19(23)18(29-21(22)26)12-14-5-7-17(8-6-14)28-13-15-3-2-4-16(11-15)20(24)25/h2-8,11-12H,9-10,13H2,1H3,(H,24,25)/b18-12+. The SMILES string of the molecule is COCCN1C(=O)S/C(=C/c2ccc(OCc3cccc(C(=O)O)c3)cc2)C1=O. The van der Waals surface area contributed by atoms with Gasteiger partial charge in [0.1, 0.15) is 12.4 Å². The molecule has 29 heavy (non-hydrogen) atoms. The van der Waals surface area contributed by atoms with E-state index in [4.69, 9.17) is 14.6 Å². The van der Waals surface area contributed by atoms with Gasteiger partial charge in [0.25, 0.3) is 11.1 Å². The molecule has 0 bridgehead atoms. The molecule has 2 amide bonds. The number of rotatable bonds is 8. The molecule has 2 aromatic carbocycles. The van der Waals surface area contributed by atoms with Crippen molar-refractivity contribution in [1.82, 2.24) is 4.90 Å². The normalized spacial score (nSPS) is 15.2. The van der Waals surface area contributed by atoms with Crippen molar-refractivity contribution in [2.75, 3.05) is 20.3 Å². The summed E-state index contributed by atoms with van der Waals surface area (Å²) in [5.41, 5.74) is 1.72. The Labute approximate surface area is 171 Å². The van der Waals surface area contributed by atoms with E-state index in [1.54, 1.807) is 48.5 Å². The van der Waals surface area contributed by atoms with Gasteiger partial charge >= 0.3 is 5.97 Å². The Bertz CT molecular complexity index is 954. The van der Waals surface area contributed by atoms with E-state index < -0.39 is 5.97 Å². The van der Waals surface area contributed by atoms with Crippen molar-refractivity contribution in [2.45, 2.75) is 6.61 Å². The third-order valence-electron chi connectivity index (χ3n) is 4.15. The van der Waals surface area contributed by atoms with Crippen molar-refractivity contribution < 1.29 is 29.0 Å². The average Bonchev–Trinajstić information content (AvgIpc) is 2.98. The van der Waals surface area contributed by atoms with Gasteiger partial charge in [0.05, 0.1) is 23.6 Å². The maximum Gasteiger partial charge on any atom is 0.335 e. The van der Waals surface area contributed by atoms with Gasteiger partial charge in [-0.3, -0.25) is 14.5 Å². The van der Waals surface area contributed by atoms with Gasteiger partial charge in [-0.05, 0) is 53.2 Å². The highest BCUT2D eigenvalue weighted by Crippen LogP contribution is 2.32. The summed E-state index contributed by atoms with van der Waals surface area (Å²) in [6, 6.07) is 13.6. The van der Waals surface area contributed by atoms with E-state index in [2.05, 4.69) is 0 Å². The fourth-order valence-corrected chi connectivity index (χ4v) is 3.51. The van der Waals surface area contributed by atoms with E-state index in [0.717, 1.165) is 22.9 Å². The van der Waals surface area contributed by atoms with Crippen molar-refractivity contribution in [3.8, 4) is 5.75 Å². The van der Waals surface area contributed by atoms with Crippen molar-refractivity contribution in [3.63, 3.8) is 0 Å². The summed E-state index contributed by atoms with van der Waals surface area (Å²) < 4.78 is 10.6. The Morgan fingerprint density at radius 3 is 2.62 bits per heavy atom. The molecule has 8 heteroatoms. The fourth-order valence-electron chi connectivity index (χ4n) is 2.65. The number of carbonyl (C=O) groups excluding carboxylic acids is 2. The molecule has 1 fully saturated rings. The minimum Gasteiger partial charge on any atom is -0.489 e. The highest BCUT2D eigenvalue weighted by atomic mass is 32.2. The molecule has 0 aromatic heterocycles. The summed E-state index contributed by atoms with van der Waals surface area (Å²) in [4.78, 5) is 36.8. The zero-order valence-corrected chi connectivity index (χ0v) is 16.5. The number of amides is 2. The quantitative estimate of drug-likeness (QED) is 0.660. The lowest BCUT2D eigenvalue weighted by atomic mass is 10.1. The molecule has 1 heterocycles. The number of benzene rings is 2. The summed E-state index contributed by atoms with van der Waals surface area (Å²) in [6.07, 6.45) is 1.66. The number of hydrogen-bond acceptors (Lipinski definition) is 6. The summed E-state index contributed by atoms with van der Waals surface area (Å²) in [6.45, 7) is 0.764. The summed E-state index contributed by atoms with van der Waals surface area (Å²) in [5, 5.41) is 8.73. The number of carboxylic acid groups (broad SMARTS) is 1. The number of imide groups is 1. The molecule has 0 radical (unpaired) electrons. The number of methoxy groups -OCH3 is 1. The molecule has 0 aliphatic carbocycles. The van der Waals surface area contributed by atoms with Crippen LogP contribution in [0, 0.1) is 0 Å². The Morgan fingerprint density at radius 1 is 1.17 bits per heavy atom. The highest BCUT2D eigenvalue weighted by Gasteiger charge is 2.34. The molecule has 7 nitrogen and oxygen atoms in total. The van der Waals surface area contributed by atoms with Gasteiger partial charge in [0, 0.05) is 7.11 Å². The first-order chi connectivity index (χ1) is 14.0. The molecule has 1 aliphatic heterocycles. The minimum absolute atomic E-state index is 0.209. The summed E-state index contributed by atoms with van der Waals surface area (Å²) >= 11 is 0.906. The summed E-state index contributed by atoms with van der Waals surface area (Å²) in [7, 11) is 1.52. The van der Waals surface area contributed by atoms with Gasteiger partial charge in [0.2, 0.25) is 0 Å². The number of carboxylic acids is 1. The lowest BCUT2D eigenvalue weighted by Gasteiger charge is -2.10. The van der Waals surface area contributed by atoms with Crippen LogP contribution in [0.3, 0.4) is 0 Å². The van der Waals surface area contributed by atoms with Crippen molar-refractivity contribution in [2.24, 2.45) is 0 Å². The predicted molar refractivity (Wildman–Crippen MR) is 109 cm³/mol. The molecule has 3 rings (SSSR count). The Morgan fingerprint density at radius 2 is 1.93 bits per heavy atom. The maximum absolute atomic E-state index is 12.3. The largest absolute Gasteiger partial charge is 0.489 e. The third kappa shape index (κ3) is 5.24. The van der Waals surface area contributed by atoms with E-state index in [9.17, 15) is 14.4 Å². The van der Waals surface area contributed by atoms with E-state index in [0.29, 0.717) is 17.3 Å². The van der Waals surface area contributed by atoms with Gasteiger partial charge in [-0.2, -0.15) is 0 Å². The second-order valence-electron chi connectivity index (χ2n) is 6.19. The van der Waals surface area contributed by atoms with E-state index in [-0.39, 0.29) is 29.9 Å². The van der Waals surface area contributed by atoms with Crippen LogP contribution < -0.4 is 4.74 Å². The van der Waals surface area contributed by atoms with Crippen molar-refractivity contribution in [3.05, 3.63) is 70.1 Å². The predicted octanol–water partition coefficient (Wildman–Crippen LogP) is 3.65. The second-order valence-corrected chi connectivity index (χ2v) is 7.18. The van der Waals surface area contributed by atoms with Crippen LogP contribution in [-0.2, 0) is 16.1 Å². The Kier molecular flexibility index (Phi) is 6.69. The van der Waals surface area contributed by atoms with E-state index in [1.807, 2.05) is 0 Å². The van der Waals surface area contributed by atoms with Crippen LogP contribution in [0.1, 0.15) is 21.5 Å². The molecule has 0 saturated carbocycles. The zero-order valence-electron chi connectivity index (χ0n) is 15.7. The first-order valence-electron chi connectivity index (χ1n) is 8.77. The van der Waals surface area contributed by atoms with Crippen molar-refractivity contribution >= 4 is 35.0 Å². The number of aromatic carboxylic acids is 1. The molecule has 1 N–H and O–H groups in total. The van der Waals surface area contributed by atoms with Crippen LogP contribution >= 0.6 is 11.8 Å². The van der Waals surface area contributed by atoms with Gasteiger partial charge in [-0.1, -0.05) is 24.3 Å². The maximum atomic E-state index is 12.3. The van der Waals surface area contributed by atoms with Crippen LogP contribution in [0.25, 0.3) is 6.08 Å². The highest BCUT2D eigenvalue weighted by molar-refractivity contribution is 8.18. The third-order valence-corrected chi connectivity index (χ3v) is 5.06. The van der Waals surface area contributed by atoms with Crippen LogP contribution in [-0.4, -0.2) is 47.4 Å². The van der Waals surface area contributed by atoms with Gasteiger partial charge in [0.15, 0.2) is 0 Å². The van der Waals surface area contributed by atoms with Crippen molar-refractivity contribution in [1.29, 1.82) is 0 Å². The average molecular weight is 413 g/mol. The molecule has 1 aliphatic rings. The number of carbonyl (C=O) groups is 3. The van der Waals surface area contributed by atoms with E-state index in [1.165, 1.54) is 18.1 Å². The molecule has 0 spiro atoms. The zero-order chi connectivity index (χ0) is 20.8. The number of nitrogens with zero attached hydrogens (tertiary/aromatic N) is 1. The summed E-state index contributed by atoms with van der Waals surface area (Å²) in [5.74, 6) is -0.699. The van der Waals surface area contributed by atoms with Crippen LogP contribution in [0.2, 0.25) is 0 Å². The van der Waals surface area contributed by atoms with Gasteiger partial charge < -0.3 is 14.6 Å². The molecular formula is C21H19NO6S. The molecule has 0 unspecified atom stereocenters. The fraction of sp³-hybridized carbons (Fsp3) is 0.190. The van der Waals surface area contributed by atoms with Gasteiger partial charge in [-0.25, -0.2) is 4.79 Å². The Hall–Kier alpha value is -3.10. The number of ether oxygens (including phenoxy) is 2. The van der Waals surface area contributed by atoms with Crippen LogP contribution in [0.5, 0.6) is 5.75 Å². The first kappa shape index (κ1) is 20.6. The molecule has 1 saturated heterocycles. The Balaban J connectivity index is 1.62.